The van der Waals surface area contributed by atoms with Crippen molar-refractivity contribution in [3.8, 4) is 0 Å². The molecule has 0 radical (unpaired) electrons. The van der Waals surface area contributed by atoms with Crippen molar-refractivity contribution in [3.63, 3.8) is 0 Å². The summed E-state index contributed by atoms with van der Waals surface area (Å²) in [6.07, 6.45) is 4.11. The normalized spacial score (nSPS) is 18.0. The fourth-order valence-corrected chi connectivity index (χ4v) is 3.00. The van der Waals surface area contributed by atoms with Gasteiger partial charge in [-0.25, -0.2) is 4.68 Å². The van der Waals surface area contributed by atoms with Crippen LogP contribution < -0.4 is 5.56 Å². The minimum absolute atomic E-state index is 0.0753. The summed E-state index contributed by atoms with van der Waals surface area (Å²) in [4.78, 5) is 27.2. The van der Waals surface area contributed by atoms with E-state index in [1.807, 2.05) is 13.8 Å². The molecule has 1 aliphatic rings. The van der Waals surface area contributed by atoms with E-state index >= 15 is 0 Å². The molecular weight excluding hydrogens is 294 g/mol. The molecule has 128 valence electrons. The lowest BCUT2D eigenvalue weighted by molar-refractivity contribution is -0.00391. The van der Waals surface area contributed by atoms with Crippen LogP contribution in [-0.2, 0) is 11.8 Å². The predicted molar refractivity (Wildman–Crippen MR) is 88.7 cm³/mol. The topological polar surface area (TPSA) is 64.4 Å². The number of carbonyl (C=O) groups excluding carboxylic acids is 1. The molecule has 0 aromatic carbocycles. The Hall–Kier alpha value is -1.69. The highest BCUT2D eigenvalue weighted by atomic mass is 16.5. The van der Waals surface area contributed by atoms with Crippen molar-refractivity contribution in [3.05, 3.63) is 27.2 Å². The lowest BCUT2D eigenvalue weighted by atomic mass is 10.1. The molecule has 1 aromatic heterocycles. The summed E-state index contributed by atoms with van der Waals surface area (Å²) in [6, 6.07) is 0. The molecule has 1 saturated heterocycles. The zero-order chi connectivity index (χ0) is 17.0. The number of ether oxygens (including phenoxy) is 1. The summed E-state index contributed by atoms with van der Waals surface area (Å²) in [7, 11) is 1.58. The first-order valence-electron chi connectivity index (χ1n) is 8.41. The number of amides is 1. The molecule has 0 spiro atoms. The maximum Gasteiger partial charge on any atom is 0.279 e. The monoisotopic (exact) mass is 321 g/mol. The van der Waals surface area contributed by atoms with Gasteiger partial charge in [0, 0.05) is 26.7 Å². The fraction of sp³-hybridized carbons (Fsp3) is 0.706. The van der Waals surface area contributed by atoms with E-state index < -0.39 is 0 Å². The third-order valence-electron chi connectivity index (χ3n) is 4.42. The van der Waals surface area contributed by atoms with E-state index in [9.17, 15) is 9.59 Å². The van der Waals surface area contributed by atoms with Crippen molar-refractivity contribution in [2.24, 2.45) is 7.05 Å². The standard InChI is InChI=1S/C17H27N3O3/c1-5-9-20(11-14-8-6-7-10-23-14)17(22)15-12(2)13(3)18-19(4)16(15)21/h14H,5-11H2,1-4H3/t14-/m0/s1. The molecule has 1 aromatic rings. The van der Waals surface area contributed by atoms with Crippen molar-refractivity contribution in [2.75, 3.05) is 19.7 Å². The van der Waals surface area contributed by atoms with Crippen molar-refractivity contribution in [1.29, 1.82) is 0 Å². The second-order valence-corrected chi connectivity index (χ2v) is 6.25. The Labute approximate surface area is 137 Å². The van der Waals surface area contributed by atoms with Crippen LogP contribution >= 0.6 is 0 Å². The van der Waals surface area contributed by atoms with Crippen LogP contribution in [0.4, 0.5) is 0 Å². The maximum atomic E-state index is 13.0. The van der Waals surface area contributed by atoms with Crippen LogP contribution in [0.1, 0.15) is 54.2 Å². The van der Waals surface area contributed by atoms with Crippen LogP contribution in [0.5, 0.6) is 0 Å². The van der Waals surface area contributed by atoms with E-state index in [2.05, 4.69) is 5.10 Å². The molecule has 0 bridgehead atoms. The number of aryl methyl sites for hydroxylation is 2. The number of hydrogen-bond donors (Lipinski definition) is 0. The van der Waals surface area contributed by atoms with E-state index in [0.717, 1.165) is 32.3 Å². The lowest BCUT2D eigenvalue weighted by Gasteiger charge is -2.30. The average Bonchev–Trinajstić information content (AvgIpc) is 2.54. The molecule has 1 aliphatic heterocycles. The van der Waals surface area contributed by atoms with Crippen LogP contribution in [0.2, 0.25) is 0 Å². The highest BCUT2D eigenvalue weighted by molar-refractivity contribution is 5.95. The molecular formula is C17H27N3O3. The van der Waals surface area contributed by atoms with Gasteiger partial charge in [-0.2, -0.15) is 5.10 Å². The van der Waals surface area contributed by atoms with Gasteiger partial charge in [0.2, 0.25) is 0 Å². The van der Waals surface area contributed by atoms with Crippen LogP contribution in [0.3, 0.4) is 0 Å². The Kier molecular flexibility index (Phi) is 5.93. The number of nitrogens with zero attached hydrogens (tertiary/aromatic N) is 3. The molecule has 0 N–H and O–H groups in total. The van der Waals surface area contributed by atoms with Crippen molar-refractivity contribution < 1.29 is 9.53 Å². The summed E-state index contributed by atoms with van der Waals surface area (Å²) in [6.45, 7) is 7.58. The van der Waals surface area contributed by atoms with Gasteiger partial charge in [0.15, 0.2) is 0 Å². The molecule has 1 atom stereocenters. The Balaban J connectivity index is 2.29. The zero-order valence-electron chi connectivity index (χ0n) is 14.6. The average molecular weight is 321 g/mol. The molecule has 6 heteroatoms. The Morgan fingerprint density at radius 2 is 2.13 bits per heavy atom. The highest BCUT2D eigenvalue weighted by Gasteiger charge is 2.26. The van der Waals surface area contributed by atoms with Gasteiger partial charge >= 0.3 is 0 Å². The molecule has 23 heavy (non-hydrogen) atoms. The van der Waals surface area contributed by atoms with Crippen molar-refractivity contribution in [1.82, 2.24) is 14.7 Å². The van der Waals surface area contributed by atoms with Gasteiger partial charge in [-0.05, 0) is 45.1 Å². The summed E-state index contributed by atoms with van der Waals surface area (Å²) in [5.74, 6) is -0.204. The van der Waals surface area contributed by atoms with Crippen LogP contribution in [-0.4, -0.2) is 46.4 Å². The third kappa shape index (κ3) is 3.99. The van der Waals surface area contributed by atoms with E-state index in [4.69, 9.17) is 4.74 Å². The minimum atomic E-state index is -0.330. The second kappa shape index (κ2) is 7.73. The molecule has 6 nitrogen and oxygen atoms in total. The molecule has 0 saturated carbocycles. The van der Waals surface area contributed by atoms with E-state index in [0.29, 0.717) is 24.3 Å². The quantitative estimate of drug-likeness (QED) is 0.830. The summed E-state index contributed by atoms with van der Waals surface area (Å²) in [5, 5.41) is 4.15. The van der Waals surface area contributed by atoms with Gasteiger partial charge in [-0.3, -0.25) is 9.59 Å². The molecule has 1 amide bonds. The Bertz CT molecular complexity index is 618. The zero-order valence-corrected chi connectivity index (χ0v) is 14.6. The maximum absolute atomic E-state index is 13.0. The second-order valence-electron chi connectivity index (χ2n) is 6.25. The fourth-order valence-electron chi connectivity index (χ4n) is 3.00. The SMILES string of the molecule is CCCN(C[C@@H]1CCCCO1)C(=O)c1c(C)c(C)nn(C)c1=O. The first kappa shape index (κ1) is 17.7. The summed E-state index contributed by atoms with van der Waals surface area (Å²) < 4.78 is 7.01. The van der Waals surface area contributed by atoms with Crippen LogP contribution in [0, 0.1) is 13.8 Å². The summed E-state index contributed by atoms with van der Waals surface area (Å²) >= 11 is 0. The predicted octanol–water partition coefficient (Wildman–Crippen LogP) is 1.82. The summed E-state index contributed by atoms with van der Waals surface area (Å²) in [5.41, 5.74) is 1.29. The third-order valence-corrected chi connectivity index (χ3v) is 4.42. The molecule has 1 fully saturated rings. The number of hydrogen-bond acceptors (Lipinski definition) is 4. The van der Waals surface area contributed by atoms with E-state index in [1.54, 1.807) is 18.9 Å². The lowest BCUT2D eigenvalue weighted by Crippen LogP contribution is -2.43. The largest absolute Gasteiger partial charge is 0.376 e. The van der Waals surface area contributed by atoms with Gasteiger partial charge in [-0.15, -0.1) is 0 Å². The van der Waals surface area contributed by atoms with Crippen molar-refractivity contribution in [2.45, 2.75) is 52.6 Å². The molecule has 0 unspecified atom stereocenters. The van der Waals surface area contributed by atoms with Gasteiger partial charge < -0.3 is 9.64 Å². The van der Waals surface area contributed by atoms with Gasteiger partial charge in [-0.1, -0.05) is 6.92 Å². The Morgan fingerprint density at radius 1 is 1.39 bits per heavy atom. The van der Waals surface area contributed by atoms with Gasteiger partial charge in [0.1, 0.15) is 5.56 Å². The molecule has 0 aliphatic carbocycles. The van der Waals surface area contributed by atoms with Crippen LogP contribution in [0.25, 0.3) is 0 Å². The van der Waals surface area contributed by atoms with Gasteiger partial charge in [0.05, 0.1) is 11.8 Å². The smallest absolute Gasteiger partial charge is 0.279 e. The first-order valence-corrected chi connectivity index (χ1v) is 8.41. The number of carbonyl (C=O) groups is 1. The number of aromatic nitrogens is 2. The van der Waals surface area contributed by atoms with E-state index in [1.165, 1.54) is 4.68 Å². The van der Waals surface area contributed by atoms with E-state index in [-0.39, 0.29) is 23.1 Å². The first-order chi connectivity index (χ1) is 11.0. The molecule has 2 heterocycles. The Morgan fingerprint density at radius 3 is 2.74 bits per heavy atom. The number of rotatable bonds is 5. The van der Waals surface area contributed by atoms with Crippen molar-refractivity contribution >= 4 is 5.91 Å². The molecule has 2 rings (SSSR count). The minimum Gasteiger partial charge on any atom is -0.376 e. The van der Waals surface area contributed by atoms with Crippen LogP contribution in [0.15, 0.2) is 4.79 Å². The van der Waals surface area contributed by atoms with Gasteiger partial charge in [0.25, 0.3) is 11.5 Å². The highest BCUT2D eigenvalue weighted by Crippen LogP contribution is 2.16.